The van der Waals surface area contributed by atoms with Crippen LogP contribution in [0.3, 0.4) is 0 Å². The average molecular weight is 297 g/mol. The molecule has 2 aromatic heterocycles. The number of carboxylic acid groups (broad SMARTS) is 1. The Morgan fingerprint density at radius 1 is 1.50 bits per heavy atom. The smallest absolute Gasteiger partial charge is 0.341 e. The lowest BCUT2D eigenvalue weighted by atomic mass is 9.92. The predicted octanol–water partition coefficient (Wildman–Crippen LogP) is 2.61. The van der Waals surface area contributed by atoms with Gasteiger partial charge in [0.1, 0.15) is 11.2 Å². The molecule has 20 heavy (non-hydrogen) atoms. The van der Waals surface area contributed by atoms with Gasteiger partial charge < -0.3 is 9.67 Å². The first kappa shape index (κ1) is 13.1. The fourth-order valence-corrected chi connectivity index (χ4v) is 2.46. The van der Waals surface area contributed by atoms with Crippen LogP contribution in [0, 0.1) is 5.82 Å². The highest BCUT2D eigenvalue weighted by molar-refractivity contribution is 6.29. The summed E-state index contributed by atoms with van der Waals surface area (Å²) >= 11 is 5.66. The Morgan fingerprint density at radius 3 is 2.75 bits per heavy atom. The normalized spacial score (nSPS) is 15.3. The Labute approximate surface area is 117 Å². The van der Waals surface area contributed by atoms with Crippen LogP contribution in [-0.2, 0) is 0 Å². The minimum atomic E-state index is -1.33. The van der Waals surface area contributed by atoms with Crippen molar-refractivity contribution in [2.75, 3.05) is 0 Å². The van der Waals surface area contributed by atoms with Crippen LogP contribution < -0.4 is 5.43 Å². The van der Waals surface area contributed by atoms with Crippen molar-refractivity contribution >= 4 is 28.6 Å². The number of carboxylic acids is 1. The molecule has 5 nitrogen and oxygen atoms in total. The van der Waals surface area contributed by atoms with E-state index in [1.54, 1.807) is 4.57 Å². The molecule has 7 heteroatoms. The molecule has 0 amide bonds. The van der Waals surface area contributed by atoms with E-state index < -0.39 is 17.2 Å². The molecule has 1 aliphatic rings. The molecular weight excluding hydrogens is 287 g/mol. The Hall–Kier alpha value is -1.95. The van der Waals surface area contributed by atoms with Gasteiger partial charge in [0.15, 0.2) is 11.0 Å². The van der Waals surface area contributed by atoms with Gasteiger partial charge in [0.05, 0.1) is 5.39 Å². The Morgan fingerprint density at radius 2 is 2.20 bits per heavy atom. The number of hydrogen-bond acceptors (Lipinski definition) is 3. The van der Waals surface area contributed by atoms with E-state index in [0.717, 1.165) is 25.3 Å². The number of aromatic nitrogens is 2. The second-order valence-corrected chi connectivity index (χ2v) is 5.16. The number of hydrogen-bond donors (Lipinski definition) is 1. The van der Waals surface area contributed by atoms with Crippen LogP contribution in [0.1, 0.15) is 35.7 Å². The van der Waals surface area contributed by atoms with Crippen molar-refractivity contribution in [2.24, 2.45) is 0 Å². The van der Waals surface area contributed by atoms with Crippen LogP contribution in [0.15, 0.2) is 17.1 Å². The maximum atomic E-state index is 13.5. The first-order chi connectivity index (χ1) is 9.49. The van der Waals surface area contributed by atoms with Gasteiger partial charge >= 0.3 is 5.97 Å². The van der Waals surface area contributed by atoms with Gasteiger partial charge in [-0.25, -0.2) is 14.2 Å². The number of rotatable bonds is 2. The maximum Gasteiger partial charge on any atom is 0.341 e. The second-order valence-electron chi connectivity index (χ2n) is 4.80. The first-order valence-electron chi connectivity index (χ1n) is 6.13. The lowest BCUT2D eigenvalue weighted by Gasteiger charge is -2.29. The second kappa shape index (κ2) is 4.56. The number of halogens is 2. The highest BCUT2D eigenvalue weighted by Crippen LogP contribution is 2.33. The number of aromatic carboxylic acids is 1. The minimum Gasteiger partial charge on any atom is -0.477 e. The fourth-order valence-electron chi connectivity index (χ4n) is 2.32. The van der Waals surface area contributed by atoms with Gasteiger partial charge in [-0.05, 0) is 25.3 Å². The van der Waals surface area contributed by atoms with Gasteiger partial charge in [-0.3, -0.25) is 4.79 Å². The summed E-state index contributed by atoms with van der Waals surface area (Å²) in [5, 5.41) is 8.71. The third-order valence-electron chi connectivity index (χ3n) is 3.61. The molecule has 0 bridgehead atoms. The zero-order chi connectivity index (χ0) is 14.4. The van der Waals surface area contributed by atoms with Crippen molar-refractivity contribution in [2.45, 2.75) is 25.3 Å². The SMILES string of the molecule is O=C(O)c1cn(C2CCC2)c2nc(Cl)c(F)cc2c1=O. The molecular formula is C13H10ClFN2O3. The molecule has 3 rings (SSSR count). The van der Waals surface area contributed by atoms with Gasteiger partial charge in [-0.1, -0.05) is 11.6 Å². The van der Waals surface area contributed by atoms with E-state index >= 15 is 0 Å². The average Bonchev–Trinajstić information content (AvgIpc) is 2.32. The Balaban J connectivity index is 2.41. The third-order valence-corrected chi connectivity index (χ3v) is 3.88. The number of pyridine rings is 2. The van der Waals surface area contributed by atoms with Gasteiger partial charge in [-0.2, -0.15) is 0 Å². The van der Waals surface area contributed by atoms with E-state index in [9.17, 15) is 14.0 Å². The topological polar surface area (TPSA) is 72.2 Å². The summed E-state index contributed by atoms with van der Waals surface area (Å²) in [5.41, 5.74) is -0.893. The van der Waals surface area contributed by atoms with Crippen LogP contribution in [0.4, 0.5) is 4.39 Å². The summed E-state index contributed by atoms with van der Waals surface area (Å²) in [7, 11) is 0. The largest absolute Gasteiger partial charge is 0.477 e. The zero-order valence-corrected chi connectivity index (χ0v) is 11.0. The molecule has 0 aliphatic heterocycles. The fraction of sp³-hybridized carbons (Fsp3) is 0.308. The number of nitrogens with zero attached hydrogens (tertiary/aromatic N) is 2. The lowest BCUT2D eigenvalue weighted by Crippen LogP contribution is -2.25. The monoisotopic (exact) mass is 296 g/mol. The van der Waals surface area contributed by atoms with E-state index in [1.165, 1.54) is 6.20 Å². The van der Waals surface area contributed by atoms with Crippen molar-refractivity contribution in [3.63, 3.8) is 0 Å². The molecule has 1 fully saturated rings. The highest BCUT2D eigenvalue weighted by atomic mass is 35.5. The van der Waals surface area contributed by atoms with Crippen LogP contribution in [0.25, 0.3) is 11.0 Å². The summed E-state index contributed by atoms with van der Waals surface area (Å²) in [5.74, 6) is -2.17. The zero-order valence-electron chi connectivity index (χ0n) is 10.3. The van der Waals surface area contributed by atoms with Crippen molar-refractivity contribution in [3.05, 3.63) is 39.0 Å². The van der Waals surface area contributed by atoms with E-state index in [1.807, 2.05) is 0 Å². The Bertz CT molecular complexity index is 783. The van der Waals surface area contributed by atoms with E-state index in [4.69, 9.17) is 16.7 Å². The first-order valence-corrected chi connectivity index (χ1v) is 6.51. The molecule has 0 radical (unpaired) electrons. The number of fused-ring (bicyclic) bond motifs is 1. The molecule has 0 aromatic carbocycles. The summed E-state index contributed by atoms with van der Waals surface area (Å²) in [6.07, 6.45) is 4.04. The molecule has 1 N–H and O–H groups in total. The molecule has 0 saturated heterocycles. The summed E-state index contributed by atoms with van der Waals surface area (Å²) in [4.78, 5) is 27.1. The van der Waals surface area contributed by atoms with Gasteiger partial charge in [-0.15, -0.1) is 0 Å². The summed E-state index contributed by atoms with van der Waals surface area (Å²) in [6, 6.07) is 1.03. The van der Waals surface area contributed by atoms with Gasteiger partial charge in [0.25, 0.3) is 0 Å². The predicted molar refractivity (Wildman–Crippen MR) is 70.8 cm³/mol. The molecule has 2 aromatic rings. The van der Waals surface area contributed by atoms with E-state index in [-0.39, 0.29) is 27.8 Å². The Kier molecular flexibility index (Phi) is 2.97. The van der Waals surface area contributed by atoms with E-state index in [0.29, 0.717) is 0 Å². The van der Waals surface area contributed by atoms with Crippen molar-refractivity contribution in [1.29, 1.82) is 0 Å². The third kappa shape index (κ3) is 1.87. The standard InChI is InChI=1S/C13H10ClFN2O3/c14-11-9(15)4-7-10(18)8(13(19)20)5-17(12(7)16-11)6-2-1-3-6/h4-6H,1-3H2,(H,19,20). The van der Waals surface area contributed by atoms with Crippen LogP contribution in [0.2, 0.25) is 5.15 Å². The van der Waals surface area contributed by atoms with Gasteiger partial charge in [0, 0.05) is 12.2 Å². The molecule has 1 saturated carbocycles. The molecule has 0 atom stereocenters. The van der Waals surface area contributed by atoms with Crippen molar-refractivity contribution < 1.29 is 14.3 Å². The molecule has 104 valence electrons. The molecule has 0 unspecified atom stereocenters. The van der Waals surface area contributed by atoms with Crippen LogP contribution in [-0.4, -0.2) is 20.6 Å². The quantitative estimate of drug-likeness (QED) is 0.865. The van der Waals surface area contributed by atoms with Crippen molar-refractivity contribution in [1.82, 2.24) is 9.55 Å². The van der Waals surface area contributed by atoms with Crippen molar-refractivity contribution in [3.8, 4) is 0 Å². The number of carbonyl (C=O) groups is 1. The summed E-state index contributed by atoms with van der Waals surface area (Å²) < 4.78 is 15.1. The van der Waals surface area contributed by atoms with Gasteiger partial charge in [0.2, 0.25) is 5.43 Å². The highest BCUT2D eigenvalue weighted by Gasteiger charge is 2.25. The molecule has 2 heterocycles. The summed E-state index contributed by atoms with van der Waals surface area (Å²) in [6.45, 7) is 0. The maximum absolute atomic E-state index is 13.5. The minimum absolute atomic E-state index is 0.0568. The lowest BCUT2D eigenvalue weighted by molar-refractivity contribution is 0.0694. The van der Waals surface area contributed by atoms with Crippen LogP contribution >= 0.6 is 11.6 Å². The molecule has 0 spiro atoms. The van der Waals surface area contributed by atoms with Crippen LogP contribution in [0.5, 0.6) is 0 Å². The molecule has 1 aliphatic carbocycles. The van der Waals surface area contributed by atoms with E-state index in [2.05, 4.69) is 4.98 Å².